The predicted molar refractivity (Wildman–Crippen MR) is 464 cm³/mol. The molecule has 24 rings (SSSR count). The van der Waals surface area contributed by atoms with Gasteiger partial charge in [0.1, 0.15) is 16.6 Å². The van der Waals surface area contributed by atoms with Gasteiger partial charge < -0.3 is 9.13 Å². The first-order valence-electron chi connectivity index (χ1n) is 37.7. The number of allylic oxidation sites excluding steroid dienone is 1. The molecule has 0 N–H and O–H groups in total. The highest BCUT2D eigenvalue weighted by molar-refractivity contribution is 9.10. The molecule has 17 nitrogen and oxygen atoms in total. The van der Waals surface area contributed by atoms with Gasteiger partial charge in [0.15, 0.2) is 28.2 Å². The number of fused-ring (bicyclic) bond motifs is 14. The molecule has 0 aliphatic heterocycles. The van der Waals surface area contributed by atoms with Crippen molar-refractivity contribution in [3.63, 3.8) is 0 Å². The molecule has 0 radical (unpaired) electrons. The number of rotatable bonds is 9. The zero-order valence-electron chi connectivity index (χ0n) is 61.2. The van der Waals surface area contributed by atoms with Crippen LogP contribution in [0.4, 0.5) is 0 Å². The lowest BCUT2D eigenvalue weighted by Crippen LogP contribution is -2.03. The molecule has 0 saturated heterocycles. The molecule has 0 amide bonds. The van der Waals surface area contributed by atoms with E-state index in [1.807, 2.05) is 36.4 Å². The van der Waals surface area contributed by atoms with Gasteiger partial charge in [-0.25, -0.2) is 34.9 Å². The SMILES string of the molecule is Brc1cccc2ccccc12.C1=C(c2cc(-c3cc4nccnc4n3-c3ccnc4ncccc34)cc(-n3c4ccccc4c4ccccc43)c2)Cc2nccnc21.c1ccc2c(-n3c(-c4cc(-c5cc6nccnc6n5-c5ccnc6ncccc56)cc(-n5c6ccccc6c6ccccc65)c4)cc4nccnc43)cccc2c1. The van der Waals surface area contributed by atoms with Crippen LogP contribution in [0, 0.1) is 0 Å². The summed E-state index contributed by atoms with van der Waals surface area (Å²) >= 11 is 3.50. The van der Waals surface area contributed by atoms with Crippen LogP contribution in [0.3, 0.4) is 0 Å². The largest absolute Gasteiger partial charge is 0.309 e. The summed E-state index contributed by atoms with van der Waals surface area (Å²) in [4.78, 5) is 56.5. The molecule has 1 aliphatic rings. The highest BCUT2D eigenvalue weighted by Gasteiger charge is 2.26. The van der Waals surface area contributed by atoms with Crippen molar-refractivity contribution in [2.24, 2.45) is 0 Å². The lowest BCUT2D eigenvalue weighted by atomic mass is 9.99. The summed E-state index contributed by atoms with van der Waals surface area (Å²) in [5.41, 5.74) is 25.6. The number of hydrogen-bond donors (Lipinski definition) is 0. The number of pyridine rings is 4. The lowest BCUT2D eigenvalue weighted by molar-refractivity contribution is 1.07. The third-order valence-corrected chi connectivity index (χ3v) is 22.4. The van der Waals surface area contributed by atoms with E-state index in [1.165, 1.54) is 37.9 Å². The zero-order valence-corrected chi connectivity index (χ0v) is 62.8. The molecule has 115 heavy (non-hydrogen) atoms. The van der Waals surface area contributed by atoms with E-state index >= 15 is 0 Å². The Labute approximate surface area is 664 Å². The van der Waals surface area contributed by atoms with Crippen LogP contribution in [0.2, 0.25) is 0 Å². The van der Waals surface area contributed by atoms with Crippen LogP contribution in [-0.4, -0.2) is 82.6 Å². The summed E-state index contributed by atoms with van der Waals surface area (Å²) in [5.74, 6) is 0. The van der Waals surface area contributed by atoms with Crippen molar-refractivity contribution >= 4 is 148 Å². The van der Waals surface area contributed by atoms with E-state index in [0.717, 1.165) is 161 Å². The van der Waals surface area contributed by atoms with Crippen LogP contribution in [0.1, 0.15) is 17.0 Å². The van der Waals surface area contributed by atoms with E-state index in [0.29, 0.717) is 17.7 Å². The monoisotopic (exact) mass is 1540 g/mol. The van der Waals surface area contributed by atoms with E-state index < -0.39 is 0 Å². The third kappa shape index (κ3) is 11.4. The van der Waals surface area contributed by atoms with Crippen LogP contribution < -0.4 is 0 Å². The van der Waals surface area contributed by atoms with Gasteiger partial charge in [0.25, 0.3) is 0 Å². The number of aromatic nitrogens is 17. The lowest BCUT2D eigenvalue weighted by Gasteiger charge is -2.18. The maximum absolute atomic E-state index is 4.92. The van der Waals surface area contributed by atoms with Crippen molar-refractivity contribution < 1.29 is 0 Å². The van der Waals surface area contributed by atoms with E-state index in [9.17, 15) is 0 Å². The summed E-state index contributed by atoms with van der Waals surface area (Å²) in [6.07, 6.45) is 24.0. The Bertz CT molecular complexity index is 7600. The normalized spacial score (nSPS) is 12.1. The number of hydrogen-bond acceptors (Lipinski definition) is 12. The predicted octanol–water partition coefficient (Wildman–Crippen LogP) is 22.3. The van der Waals surface area contributed by atoms with Gasteiger partial charge in [-0.3, -0.25) is 38.6 Å². The molecule has 18 heteroatoms. The average molecular weight is 1540 g/mol. The van der Waals surface area contributed by atoms with Crippen molar-refractivity contribution in [2.75, 3.05) is 0 Å². The summed E-state index contributed by atoms with van der Waals surface area (Å²) in [6, 6.07) is 96.0. The van der Waals surface area contributed by atoms with Gasteiger partial charge in [0, 0.05) is 151 Å². The Morgan fingerprint density at radius 1 is 0.252 bits per heavy atom. The van der Waals surface area contributed by atoms with Gasteiger partial charge in [0.05, 0.1) is 67.6 Å². The fraction of sp³-hybridized carbons (Fsp3) is 0.0103. The molecule has 0 unspecified atom stereocenters. The quantitative estimate of drug-likeness (QED) is 0.134. The number of nitrogens with zero attached hydrogens (tertiary/aromatic N) is 17. The molecule has 1 aliphatic carbocycles. The van der Waals surface area contributed by atoms with Crippen LogP contribution >= 0.6 is 15.9 Å². The van der Waals surface area contributed by atoms with Crippen LogP contribution in [-0.2, 0) is 6.42 Å². The zero-order chi connectivity index (χ0) is 76.0. The molecule has 0 saturated carbocycles. The van der Waals surface area contributed by atoms with Gasteiger partial charge in [-0.1, -0.05) is 162 Å². The first-order valence-corrected chi connectivity index (χ1v) is 38.5. The molecule has 13 aromatic heterocycles. The molecule has 0 atom stereocenters. The molecular formula is C97H60BrN17. The fourth-order valence-corrected chi connectivity index (χ4v) is 17.3. The minimum atomic E-state index is 0.658. The number of para-hydroxylation sites is 4. The van der Waals surface area contributed by atoms with E-state index in [1.54, 1.807) is 74.4 Å². The van der Waals surface area contributed by atoms with Crippen molar-refractivity contribution in [1.82, 2.24) is 82.6 Å². The smallest absolute Gasteiger partial charge is 0.163 e. The van der Waals surface area contributed by atoms with Gasteiger partial charge in [-0.15, -0.1) is 0 Å². The maximum Gasteiger partial charge on any atom is 0.163 e. The number of benzene rings is 10. The summed E-state index contributed by atoms with van der Waals surface area (Å²) in [7, 11) is 0. The first-order chi connectivity index (χ1) is 57.0. The molecular weight excluding hydrogens is 1480 g/mol. The van der Waals surface area contributed by atoms with Crippen LogP contribution in [0.5, 0.6) is 0 Å². The molecule has 0 fully saturated rings. The molecule has 540 valence electrons. The minimum absolute atomic E-state index is 0.658. The van der Waals surface area contributed by atoms with Crippen LogP contribution in [0.15, 0.2) is 352 Å². The molecule has 13 heterocycles. The second kappa shape index (κ2) is 27.6. The molecule has 0 spiro atoms. The van der Waals surface area contributed by atoms with Crippen molar-refractivity contribution in [1.29, 1.82) is 0 Å². The number of halogens is 1. The minimum Gasteiger partial charge on any atom is -0.309 e. The van der Waals surface area contributed by atoms with Crippen molar-refractivity contribution in [3.05, 3.63) is 369 Å². The van der Waals surface area contributed by atoms with Gasteiger partial charge in [-0.05, 0) is 161 Å². The summed E-state index contributed by atoms with van der Waals surface area (Å²) < 4.78 is 12.5. The van der Waals surface area contributed by atoms with E-state index in [2.05, 4.69) is 311 Å². The van der Waals surface area contributed by atoms with Crippen molar-refractivity contribution in [3.8, 4) is 62.2 Å². The summed E-state index contributed by atoms with van der Waals surface area (Å²) in [6.45, 7) is 0. The maximum atomic E-state index is 4.92. The van der Waals surface area contributed by atoms with Gasteiger partial charge in [-0.2, -0.15) is 0 Å². The Balaban J connectivity index is 0.000000125. The van der Waals surface area contributed by atoms with Gasteiger partial charge >= 0.3 is 0 Å². The third-order valence-electron chi connectivity index (χ3n) is 21.8. The Hall–Kier alpha value is -15.4. The second-order valence-corrected chi connectivity index (χ2v) is 29.1. The Morgan fingerprint density at radius 3 is 1.10 bits per heavy atom. The standard InChI is InChI=1S/C48H29N9.C39H24N8.C10H7Br/c1-2-11-34-30(9-1)10-7-17-40(34)56-44(28-38-47(56)53-23-21-49-38)31-25-32(27-33(26-31)55-41-15-5-3-12-35(41)36-13-4-6-16-42(36)55)45-29-39-48(54-24-22-50-39)57(45)43-18-20-52-46-37(43)14-8-19-51-46;1-3-9-34-28(6-1)29-7-2-4-10-35(29)46(34)27-19-24(25-21-31-32(22-25)41-15-14-40-31)18-26(20-27)37-23-33-39(45-17-16-42-33)47(37)36-11-13-44-38-30(36)8-5-12-43-38;11-10-7-3-5-8-4-1-2-6-9(8)10/h1-29H;1-21,23H,22H2;1-7H. The fourth-order valence-electron chi connectivity index (χ4n) is 16.8. The second-order valence-electron chi connectivity index (χ2n) is 28.3. The summed E-state index contributed by atoms with van der Waals surface area (Å²) in [5, 5.41) is 11.5. The Morgan fingerprint density at radius 2 is 0.617 bits per heavy atom. The van der Waals surface area contributed by atoms with E-state index in [-0.39, 0.29) is 0 Å². The first kappa shape index (κ1) is 66.6. The molecule has 23 aromatic rings. The molecule has 0 bridgehead atoms. The Kier molecular flexibility index (Phi) is 16.0. The van der Waals surface area contributed by atoms with E-state index in [4.69, 9.17) is 29.9 Å². The van der Waals surface area contributed by atoms with Gasteiger partial charge in [0.2, 0.25) is 0 Å². The highest BCUT2D eigenvalue weighted by Crippen LogP contribution is 2.44. The highest BCUT2D eigenvalue weighted by atomic mass is 79.9. The average Bonchev–Trinajstić information content (AvgIpc) is 1.60. The van der Waals surface area contributed by atoms with Crippen LogP contribution in [0.25, 0.3) is 195 Å². The molecule has 10 aromatic carbocycles. The van der Waals surface area contributed by atoms with Crippen molar-refractivity contribution in [2.45, 2.75) is 6.42 Å². The topological polar surface area (TPSA) is 179 Å².